The van der Waals surface area contributed by atoms with Crippen LogP contribution >= 0.6 is 11.8 Å². The molecule has 0 saturated heterocycles. The minimum Gasteiger partial charge on any atom is -0.478 e. The minimum atomic E-state index is -1.17. The Kier molecular flexibility index (Phi) is 6.85. The van der Waals surface area contributed by atoms with Gasteiger partial charge in [-0.15, -0.1) is 0 Å². The number of nitrogens with zero attached hydrogens (tertiary/aromatic N) is 3. The number of anilines is 1. The smallest absolute Gasteiger partial charge is 0.334 e. The third-order valence-corrected chi connectivity index (χ3v) is 9.64. The van der Waals surface area contributed by atoms with Gasteiger partial charge in [0.25, 0.3) is 5.69 Å². The molecular weight excluding hydrogens is 476 g/mol. The van der Waals surface area contributed by atoms with Gasteiger partial charge in [-0.2, -0.15) is 16.9 Å². The quantitative estimate of drug-likeness (QED) is 0.325. The standard InChI is InChI=1S/C27H34N4O4S/c1-17-22(26(32)33)27(15-16-36-19-11-5-6-12-19,20-13-7-8-14-21(20)31(34)35)23-24(18-9-3-4-10-18)29-30(2)25(23)28-17/h7-8,13-14,18-19,28H,3-6,9-12,15-16H2,1-2H3,(H,32,33). The lowest BCUT2D eigenvalue weighted by Gasteiger charge is -2.40. The highest BCUT2D eigenvalue weighted by Gasteiger charge is 2.53. The summed E-state index contributed by atoms with van der Waals surface area (Å²) in [6, 6.07) is 6.71. The summed E-state index contributed by atoms with van der Waals surface area (Å²) < 4.78 is 1.80. The number of aryl methyl sites for hydroxylation is 1. The number of nitro benzene ring substituents is 1. The van der Waals surface area contributed by atoms with E-state index in [4.69, 9.17) is 5.10 Å². The number of thioether (sulfide) groups is 1. The first kappa shape index (κ1) is 24.9. The zero-order chi connectivity index (χ0) is 25.4. The summed E-state index contributed by atoms with van der Waals surface area (Å²) in [5.41, 5.74) is 1.67. The highest BCUT2D eigenvalue weighted by Crippen LogP contribution is 2.55. The summed E-state index contributed by atoms with van der Waals surface area (Å²) >= 11 is 1.89. The van der Waals surface area contributed by atoms with Crippen molar-refractivity contribution >= 4 is 29.2 Å². The second kappa shape index (κ2) is 9.92. The van der Waals surface area contributed by atoms with E-state index >= 15 is 0 Å². The number of aliphatic carboxylic acids is 1. The van der Waals surface area contributed by atoms with Crippen LogP contribution in [0.1, 0.15) is 87.4 Å². The number of hydrogen-bond acceptors (Lipinski definition) is 6. The van der Waals surface area contributed by atoms with Gasteiger partial charge < -0.3 is 10.4 Å². The van der Waals surface area contributed by atoms with Crippen LogP contribution in [-0.4, -0.2) is 36.8 Å². The number of hydrogen-bond donors (Lipinski definition) is 2. The Balaban J connectivity index is 1.77. The molecule has 0 spiro atoms. The summed E-state index contributed by atoms with van der Waals surface area (Å²) in [6.07, 6.45) is 9.51. The van der Waals surface area contributed by atoms with Gasteiger partial charge in [-0.25, -0.2) is 4.79 Å². The molecular formula is C27H34N4O4S. The van der Waals surface area contributed by atoms with Gasteiger partial charge in [0.2, 0.25) is 0 Å². The zero-order valence-corrected chi connectivity index (χ0v) is 21.8. The molecule has 0 amide bonds. The SMILES string of the molecule is CC1=C(C(=O)O)C(CCSC2CCCC2)(c2ccccc2[N+](=O)[O-])c2c(C3CCCC3)nn(C)c2N1. The minimum absolute atomic E-state index is 0.0380. The number of fused-ring (bicyclic) bond motifs is 1. The first-order chi connectivity index (χ1) is 17.3. The Hall–Kier alpha value is -2.81. The van der Waals surface area contributed by atoms with E-state index in [1.54, 1.807) is 29.8 Å². The largest absolute Gasteiger partial charge is 0.478 e. The van der Waals surface area contributed by atoms with E-state index in [9.17, 15) is 20.0 Å². The molecule has 1 unspecified atom stereocenters. The number of para-hydroxylation sites is 1. The highest BCUT2D eigenvalue weighted by atomic mass is 32.2. The molecule has 1 atom stereocenters. The molecule has 1 aromatic carbocycles. The van der Waals surface area contributed by atoms with Gasteiger partial charge in [0.15, 0.2) is 0 Å². The third kappa shape index (κ3) is 4.11. The number of rotatable bonds is 8. The number of nitrogens with one attached hydrogen (secondary N) is 1. The Bertz CT molecular complexity index is 1210. The van der Waals surface area contributed by atoms with Gasteiger partial charge in [0, 0.05) is 41.1 Å². The van der Waals surface area contributed by atoms with Crippen molar-refractivity contribution in [2.24, 2.45) is 7.05 Å². The molecule has 3 aliphatic rings. The lowest BCUT2D eigenvalue weighted by molar-refractivity contribution is -0.385. The van der Waals surface area contributed by atoms with Crippen LogP contribution in [-0.2, 0) is 17.3 Å². The molecule has 2 fully saturated rings. The molecule has 5 rings (SSSR count). The van der Waals surface area contributed by atoms with Crippen LogP contribution in [0.4, 0.5) is 11.5 Å². The second-order valence-electron chi connectivity index (χ2n) is 10.4. The maximum absolute atomic E-state index is 13.0. The Morgan fingerprint density at radius 1 is 1.22 bits per heavy atom. The van der Waals surface area contributed by atoms with Gasteiger partial charge in [-0.3, -0.25) is 14.8 Å². The molecule has 1 aliphatic heterocycles. The fraction of sp³-hybridized carbons (Fsp3) is 0.556. The van der Waals surface area contributed by atoms with Gasteiger partial charge in [0.05, 0.1) is 21.6 Å². The first-order valence-electron chi connectivity index (χ1n) is 13.0. The average molecular weight is 511 g/mol. The van der Waals surface area contributed by atoms with E-state index in [1.807, 2.05) is 18.8 Å². The van der Waals surface area contributed by atoms with E-state index in [0.29, 0.717) is 22.9 Å². The predicted molar refractivity (Wildman–Crippen MR) is 142 cm³/mol. The van der Waals surface area contributed by atoms with Crippen molar-refractivity contribution < 1.29 is 14.8 Å². The summed E-state index contributed by atoms with van der Waals surface area (Å²) in [6.45, 7) is 1.77. The van der Waals surface area contributed by atoms with Crippen LogP contribution in [0.5, 0.6) is 0 Å². The maximum Gasteiger partial charge on any atom is 0.334 e. The van der Waals surface area contributed by atoms with E-state index in [2.05, 4.69) is 5.32 Å². The number of carboxylic acids is 1. The number of carbonyl (C=O) groups is 1. The number of nitro groups is 1. The number of aromatic nitrogens is 2. The third-order valence-electron chi connectivity index (χ3n) is 8.26. The van der Waals surface area contributed by atoms with E-state index in [-0.39, 0.29) is 22.1 Å². The Morgan fingerprint density at radius 2 is 1.89 bits per heavy atom. The van der Waals surface area contributed by atoms with E-state index in [0.717, 1.165) is 48.5 Å². The van der Waals surface area contributed by atoms with Crippen molar-refractivity contribution in [2.75, 3.05) is 11.1 Å². The molecule has 2 aliphatic carbocycles. The summed E-state index contributed by atoms with van der Waals surface area (Å²) in [7, 11) is 1.88. The van der Waals surface area contributed by atoms with Crippen LogP contribution < -0.4 is 5.32 Å². The first-order valence-corrected chi connectivity index (χ1v) is 14.0. The van der Waals surface area contributed by atoms with Crippen molar-refractivity contribution in [1.29, 1.82) is 0 Å². The normalized spacial score (nSPS) is 22.6. The summed E-state index contributed by atoms with van der Waals surface area (Å²) in [4.78, 5) is 24.9. The Morgan fingerprint density at radius 3 is 2.56 bits per heavy atom. The maximum atomic E-state index is 13.0. The fourth-order valence-electron chi connectivity index (χ4n) is 6.70. The topological polar surface area (TPSA) is 110 Å². The monoisotopic (exact) mass is 510 g/mol. The zero-order valence-electron chi connectivity index (χ0n) is 21.0. The van der Waals surface area contributed by atoms with E-state index < -0.39 is 11.4 Å². The number of carboxylic acid groups (broad SMARTS) is 1. The summed E-state index contributed by atoms with van der Waals surface area (Å²) in [5, 5.41) is 31.8. The number of allylic oxidation sites excluding steroid dienone is 1. The highest BCUT2D eigenvalue weighted by molar-refractivity contribution is 7.99. The van der Waals surface area contributed by atoms with Crippen LogP contribution in [0.3, 0.4) is 0 Å². The van der Waals surface area contributed by atoms with Crippen LogP contribution in [0.25, 0.3) is 0 Å². The van der Waals surface area contributed by atoms with E-state index in [1.165, 1.54) is 31.7 Å². The average Bonchev–Trinajstić information content (AvgIpc) is 3.61. The molecule has 0 bridgehead atoms. The molecule has 1 aromatic heterocycles. The van der Waals surface area contributed by atoms with Gasteiger partial charge >= 0.3 is 5.97 Å². The molecule has 9 heteroatoms. The fourth-order valence-corrected chi connectivity index (χ4v) is 8.13. The lowest BCUT2D eigenvalue weighted by Crippen LogP contribution is -2.41. The van der Waals surface area contributed by atoms with Gasteiger partial charge in [0.1, 0.15) is 5.82 Å². The lowest BCUT2D eigenvalue weighted by atomic mass is 9.63. The van der Waals surface area contributed by atoms with Crippen LogP contribution in [0, 0.1) is 10.1 Å². The van der Waals surface area contributed by atoms with Gasteiger partial charge in [-0.05, 0) is 44.8 Å². The molecule has 8 nitrogen and oxygen atoms in total. The van der Waals surface area contributed by atoms with Crippen molar-refractivity contribution in [2.45, 2.75) is 81.3 Å². The Labute approximate surface area is 215 Å². The molecule has 2 N–H and O–H groups in total. The van der Waals surface area contributed by atoms with Crippen molar-refractivity contribution in [3.05, 3.63) is 62.5 Å². The molecule has 2 heterocycles. The second-order valence-corrected chi connectivity index (χ2v) is 11.8. The molecule has 0 radical (unpaired) electrons. The molecule has 2 aromatic rings. The predicted octanol–water partition coefficient (Wildman–Crippen LogP) is 6.12. The van der Waals surface area contributed by atoms with Crippen molar-refractivity contribution in [1.82, 2.24) is 9.78 Å². The summed E-state index contributed by atoms with van der Waals surface area (Å²) in [5.74, 6) is 0.651. The van der Waals surface area contributed by atoms with Crippen LogP contribution in [0.15, 0.2) is 35.5 Å². The van der Waals surface area contributed by atoms with Crippen LogP contribution in [0.2, 0.25) is 0 Å². The van der Waals surface area contributed by atoms with Gasteiger partial charge in [-0.1, -0.05) is 43.9 Å². The molecule has 2 saturated carbocycles. The number of benzene rings is 1. The molecule has 192 valence electrons. The molecule has 36 heavy (non-hydrogen) atoms. The van der Waals surface area contributed by atoms with Crippen molar-refractivity contribution in [3.63, 3.8) is 0 Å². The van der Waals surface area contributed by atoms with Crippen molar-refractivity contribution in [3.8, 4) is 0 Å².